The van der Waals surface area contributed by atoms with Gasteiger partial charge >= 0.3 is 5.69 Å². The molecule has 2 aromatic carbocycles. The highest BCUT2D eigenvalue weighted by Gasteiger charge is 2.37. The molecular weight excluding hydrogens is 458 g/mol. The van der Waals surface area contributed by atoms with Crippen LogP contribution in [0.5, 0.6) is 5.75 Å². The monoisotopic (exact) mass is 478 g/mol. The number of fused-ring (bicyclic) bond motifs is 1. The van der Waals surface area contributed by atoms with E-state index in [1.807, 2.05) is 0 Å². The van der Waals surface area contributed by atoms with E-state index in [1.54, 1.807) is 24.3 Å². The van der Waals surface area contributed by atoms with E-state index in [2.05, 4.69) is 5.32 Å². The number of benzene rings is 2. The molecule has 3 aromatic rings. The fraction of sp³-hybridized carbons (Fsp3) is 0.273. The van der Waals surface area contributed by atoms with Crippen molar-refractivity contribution < 1.29 is 18.6 Å². The van der Waals surface area contributed by atoms with Crippen LogP contribution in [-0.2, 0) is 20.1 Å². The smallest absolute Gasteiger partial charge is 0.332 e. The van der Waals surface area contributed by atoms with Gasteiger partial charge in [-0.15, -0.1) is 0 Å². The highest BCUT2D eigenvalue weighted by Crippen LogP contribution is 2.33. The summed E-state index contributed by atoms with van der Waals surface area (Å²) in [5.74, 6) is -2.42. The van der Waals surface area contributed by atoms with Gasteiger partial charge in [0, 0.05) is 31.8 Å². The van der Waals surface area contributed by atoms with E-state index in [0.717, 1.165) is 16.2 Å². The predicted molar refractivity (Wildman–Crippen MR) is 120 cm³/mol. The summed E-state index contributed by atoms with van der Waals surface area (Å²) in [7, 11) is 1.48. The van der Waals surface area contributed by atoms with E-state index in [1.165, 1.54) is 28.6 Å². The van der Waals surface area contributed by atoms with Crippen LogP contribution >= 0.6 is 11.6 Å². The molecule has 0 spiro atoms. The Balaban J connectivity index is 1.81. The third-order valence-electron chi connectivity index (χ3n) is 5.32. The van der Waals surface area contributed by atoms with Crippen molar-refractivity contribution in [2.24, 2.45) is 7.05 Å². The van der Waals surface area contributed by atoms with Gasteiger partial charge in [-0.1, -0.05) is 29.8 Å². The molecule has 1 atom stereocenters. The first kappa shape index (κ1) is 22.8. The van der Waals surface area contributed by atoms with Crippen molar-refractivity contribution in [2.45, 2.75) is 25.9 Å². The van der Waals surface area contributed by atoms with Crippen LogP contribution in [0.15, 0.2) is 52.1 Å². The number of hydrogen-bond donors (Lipinski definition) is 2. The van der Waals surface area contributed by atoms with Gasteiger partial charge in [-0.2, -0.15) is 4.39 Å². The molecule has 4 rings (SSSR count). The fourth-order valence-electron chi connectivity index (χ4n) is 3.65. The minimum Gasteiger partial charge on any atom is -0.449 e. The molecule has 0 fully saturated rings. The lowest BCUT2D eigenvalue weighted by Gasteiger charge is -2.26. The van der Waals surface area contributed by atoms with Crippen LogP contribution in [0, 0.1) is 11.6 Å². The molecule has 0 radical (unpaired) electrons. The number of aromatic nitrogens is 2. The number of nitrogens with one attached hydrogen (secondary N) is 1. The quantitative estimate of drug-likeness (QED) is 0.543. The van der Waals surface area contributed by atoms with Crippen LogP contribution in [0.4, 0.5) is 20.3 Å². The van der Waals surface area contributed by atoms with E-state index in [-0.39, 0.29) is 43.4 Å². The Labute approximate surface area is 192 Å². The van der Waals surface area contributed by atoms with Crippen molar-refractivity contribution in [3.63, 3.8) is 0 Å². The molecule has 0 aliphatic carbocycles. The van der Waals surface area contributed by atoms with Crippen LogP contribution < -0.4 is 26.2 Å². The zero-order chi connectivity index (χ0) is 23.7. The summed E-state index contributed by atoms with van der Waals surface area (Å²) in [5.41, 5.74) is -0.276. The van der Waals surface area contributed by atoms with E-state index >= 15 is 0 Å². The second-order valence-electron chi connectivity index (χ2n) is 7.49. The second kappa shape index (κ2) is 9.24. The van der Waals surface area contributed by atoms with Crippen molar-refractivity contribution in [3.8, 4) is 5.75 Å². The molecular formula is C22H21ClF2N4O4. The molecule has 8 nitrogen and oxygen atoms in total. The van der Waals surface area contributed by atoms with Gasteiger partial charge in [0.2, 0.25) is 5.82 Å². The summed E-state index contributed by atoms with van der Waals surface area (Å²) in [6.45, 7) is -0.0235. The first-order valence-electron chi connectivity index (χ1n) is 10.1. The molecule has 1 unspecified atom stereocenters. The third kappa shape index (κ3) is 4.31. The number of nitrogens with zero attached hydrogens (tertiary/aromatic N) is 3. The molecule has 2 heterocycles. The molecule has 0 bridgehead atoms. The van der Waals surface area contributed by atoms with Gasteiger partial charge in [0.1, 0.15) is 11.5 Å². The zero-order valence-corrected chi connectivity index (χ0v) is 18.4. The molecule has 1 aliphatic rings. The van der Waals surface area contributed by atoms with E-state index in [9.17, 15) is 18.4 Å². The number of halogens is 3. The Kier molecular flexibility index (Phi) is 6.39. The Morgan fingerprint density at radius 1 is 1.15 bits per heavy atom. The summed E-state index contributed by atoms with van der Waals surface area (Å²) < 4.78 is 36.0. The summed E-state index contributed by atoms with van der Waals surface area (Å²) in [5, 5.41) is 12.6. The Bertz CT molecular complexity index is 1290. The maximum absolute atomic E-state index is 14.3. The lowest BCUT2D eigenvalue weighted by atomic mass is 10.2. The van der Waals surface area contributed by atoms with E-state index in [0.29, 0.717) is 5.02 Å². The molecule has 0 saturated carbocycles. The summed E-state index contributed by atoms with van der Waals surface area (Å²) >= 11 is 5.97. The van der Waals surface area contributed by atoms with Crippen LogP contribution in [-0.4, -0.2) is 27.2 Å². The lowest BCUT2D eigenvalue weighted by molar-refractivity contribution is 0.215. The number of aliphatic hydroxyl groups is 1. The van der Waals surface area contributed by atoms with Crippen LogP contribution in [0.3, 0.4) is 0 Å². The minimum absolute atomic E-state index is 0.0219. The average Bonchev–Trinajstić information content (AvgIpc) is 3.15. The molecule has 2 N–H and O–H groups in total. The number of rotatable bonds is 7. The van der Waals surface area contributed by atoms with Crippen molar-refractivity contribution in [1.29, 1.82) is 0 Å². The van der Waals surface area contributed by atoms with Gasteiger partial charge in [-0.3, -0.25) is 13.9 Å². The molecule has 33 heavy (non-hydrogen) atoms. The van der Waals surface area contributed by atoms with Crippen molar-refractivity contribution >= 4 is 23.1 Å². The summed E-state index contributed by atoms with van der Waals surface area (Å²) in [6, 6.07) is 10.4. The van der Waals surface area contributed by atoms with E-state index < -0.39 is 29.2 Å². The highest BCUT2D eigenvalue weighted by atomic mass is 35.5. The van der Waals surface area contributed by atoms with Crippen molar-refractivity contribution in [3.05, 3.63) is 85.5 Å². The SMILES string of the molecule is Cn1c2c(c(=O)n(CCCO)c1=O)N(Cc1ccc(Cl)cc1)C(Oc1cccc(F)c1F)N2. The molecule has 11 heteroatoms. The summed E-state index contributed by atoms with van der Waals surface area (Å²) in [4.78, 5) is 27.6. The topological polar surface area (TPSA) is 88.7 Å². The van der Waals surface area contributed by atoms with E-state index in [4.69, 9.17) is 21.4 Å². The van der Waals surface area contributed by atoms with Crippen molar-refractivity contribution in [2.75, 3.05) is 16.8 Å². The standard InChI is InChI=1S/C22H21ClF2N4O4/c1-27-19-18(20(31)28(22(27)32)10-3-11-30)29(12-13-6-8-14(23)9-7-13)21(26-19)33-16-5-2-4-15(24)17(16)25/h2,4-9,21,26,30H,3,10-12H2,1H3. The molecule has 1 aliphatic heterocycles. The van der Waals surface area contributed by atoms with Gasteiger partial charge in [0.05, 0.1) is 0 Å². The Hall–Kier alpha value is -3.37. The fourth-order valence-corrected chi connectivity index (χ4v) is 3.78. The lowest BCUT2D eigenvalue weighted by Crippen LogP contribution is -2.43. The van der Waals surface area contributed by atoms with Crippen LogP contribution in [0.2, 0.25) is 5.02 Å². The first-order valence-corrected chi connectivity index (χ1v) is 10.5. The second-order valence-corrected chi connectivity index (χ2v) is 7.93. The summed E-state index contributed by atoms with van der Waals surface area (Å²) in [6.07, 6.45) is -0.897. The maximum Gasteiger partial charge on any atom is 0.332 e. The van der Waals surface area contributed by atoms with Gasteiger partial charge < -0.3 is 20.1 Å². The van der Waals surface area contributed by atoms with Gasteiger partial charge in [0.25, 0.3) is 11.9 Å². The van der Waals surface area contributed by atoms with Crippen LogP contribution in [0.1, 0.15) is 12.0 Å². The highest BCUT2D eigenvalue weighted by molar-refractivity contribution is 6.30. The van der Waals surface area contributed by atoms with Gasteiger partial charge in [-0.05, 0) is 36.2 Å². The van der Waals surface area contributed by atoms with Crippen molar-refractivity contribution in [1.82, 2.24) is 9.13 Å². The maximum atomic E-state index is 14.3. The predicted octanol–water partition coefficient (Wildman–Crippen LogP) is 2.66. The van der Waals surface area contributed by atoms with Gasteiger partial charge in [0.15, 0.2) is 11.6 Å². The molecule has 174 valence electrons. The Morgan fingerprint density at radius 3 is 2.58 bits per heavy atom. The molecule has 1 aromatic heterocycles. The number of aliphatic hydroxyl groups excluding tert-OH is 1. The number of hydrogen-bond acceptors (Lipinski definition) is 6. The molecule has 0 saturated heterocycles. The average molecular weight is 479 g/mol. The van der Waals surface area contributed by atoms with Gasteiger partial charge in [-0.25, -0.2) is 9.18 Å². The minimum atomic E-state index is -1.17. The largest absolute Gasteiger partial charge is 0.449 e. The Morgan fingerprint density at radius 2 is 1.88 bits per heavy atom. The number of ether oxygens (including phenoxy) is 1. The van der Waals surface area contributed by atoms with Crippen LogP contribution in [0.25, 0.3) is 0 Å². The number of anilines is 2. The normalized spacial score (nSPS) is 14.8. The third-order valence-corrected chi connectivity index (χ3v) is 5.57. The first-order chi connectivity index (χ1) is 15.8. The molecule has 0 amide bonds. The zero-order valence-electron chi connectivity index (χ0n) is 17.6.